The van der Waals surface area contributed by atoms with Crippen LogP contribution in [0.5, 0.6) is 0 Å². The number of thiazole rings is 1. The first-order chi connectivity index (χ1) is 15.1. The maximum absolute atomic E-state index is 10.7. The normalized spacial score (nSPS) is 23.7. The number of nitrogens with zero attached hydrogens (tertiary/aromatic N) is 4. The van der Waals surface area contributed by atoms with Crippen LogP contribution in [0.4, 0.5) is 11.8 Å². The molecule has 4 rings (SSSR count). The molecular formula is C22H30N6O3S. The number of pyridine rings is 1. The Labute approximate surface area is 191 Å². The Bertz CT molecular complexity index is 1130. The summed E-state index contributed by atoms with van der Waals surface area (Å²) < 4.78 is 12.6. The van der Waals surface area contributed by atoms with Gasteiger partial charge in [0, 0.05) is 26.3 Å². The molecule has 0 spiro atoms. The van der Waals surface area contributed by atoms with Gasteiger partial charge < -0.3 is 25.6 Å². The van der Waals surface area contributed by atoms with Crippen molar-refractivity contribution in [3.05, 3.63) is 23.7 Å². The molecule has 1 saturated carbocycles. The Hall–Kier alpha value is -2.40. The van der Waals surface area contributed by atoms with Crippen LogP contribution in [-0.4, -0.2) is 63.1 Å². The highest BCUT2D eigenvalue weighted by Crippen LogP contribution is 2.41. The van der Waals surface area contributed by atoms with E-state index in [0.717, 1.165) is 32.2 Å². The molecule has 1 aliphatic carbocycles. The highest BCUT2D eigenvalue weighted by molar-refractivity contribution is 7.21. The number of nitrogens with two attached hydrogens (primary N) is 1. The summed E-state index contributed by atoms with van der Waals surface area (Å²) in [5.41, 5.74) is 8.37. The minimum Gasteiger partial charge on any atom is -0.390 e. The lowest BCUT2D eigenvalue weighted by atomic mass is 9.87. The van der Waals surface area contributed by atoms with Crippen molar-refractivity contribution in [2.45, 2.75) is 58.0 Å². The number of aryl methyl sites for hydroxylation is 2. The second kappa shape index (κ2) is 8.51. The third kappa shape index (κ3) is 4.03. The lowest BCUT2D eigenvalue weighted by Crippen LogP contribution is -2.42. The van der Waals surface area contributed by atoms with Crippen LogP contribution in [0.3, 0.4) is 0 Å². The first-order valence-corrected chi connectivity index (χ1v) is 11.4. The Morgan fingerprint density at radius 1 is 1.12 bits per heavy atom. The van der Waals surface area contributed by atoms with Crippen molar-refractivity contribution in [2.24, 2.45) is 5.92 Å². The van der Waals surface area contributed by atoms with E-state index in [9.17, 15) is 5.11 Å². The van der Waals surface area contributed by atoms with Crippen molar-refractivity contribution >= 4 is 33.3 Å². The minimum atomic E-state index is -0.922. The fourth-order valence-corrected chi connectivity index (χ4v) is 5.76. The molecule has 4 N–H and O–H groups in total. The van der Waals surface area contributed by atoms with E-state index in [1.807, 2.05) is 19.9 Å². The van der Waals surface area contributed by atoms with Crippen LogP contribution >= 0.6 is 11.3 Å². The smallest absolute Gasteiger partial charge is 0.222 e. The molecule has 32 heavy (non-hydrogen) atoms. The molecule has 3 aromatic heterocycles. The van der Waals surface area contributed by atoms with Gasteiger partial charge in [0.2, 0.25) is 5.95 Å². The molecule has 10 heteroatoms. The van der Waals surface area contributed by atoms with Gasteiger partial charge in [-0.15, -0.1) is 11.3 Å². The van der Waals surface area contributed by atoms with Crippen molar-refractivity contribution in [2.75, 3.05) is 25.3 Å². The number of nitrogens with one attached hydrogen (secondary N) is 1. The van der Waals surface area contributed by atoms with Crippen molar-refractivity contribution < 1.29 is 14.6 Å². The number of nitrogen functional groups attached to an aromatic ring is 1. The predicted molar refractivity (Wildman–Crippen MR) is 126 cm³/mol. The molecule has 0 bridgehead atoms. The number of aromatic nitrogens is 4. The summed E-state index contributed by atoms with van der Waals surface area (Å²) in [6.45, 7) is 7.44. The van der Waals surface area contributed by atoms with Crippen LogP contribution in [0.25, 0.3) is 20.8 Å². The third-order valence-electron chi connectivity index (χ3n) is 6.21. The summed E-state index contributed by atoms with van der Waals surface area (Å²) in [5.74, 6) is 0.662. The van der Waals surface area contributed by atoms with Crippen molar-refractivity contribution in [3.8, 4) is 10.6 Å². The quantitative estimate of drug-likeness (QED) is 0.510. The Morgan fingerprint density at radius 3 is 2.47 bits per heavy atom. The van der Waals surface area contributed by atoms with E-state index in [-0.39, 0.29) is 30.1 Å². The number of methoxy groups -OCH3 is 2. The molecule has 4 atom stereocenters. The molecule has 1 aliphatic rings. The van der Waals surface area contributed by atoms with Gasteiger partial charge in [0.1, 0.15) is 22.4 Å². The number of hydrogen-bond acceptors (Lipinski definition) is 10. The van der Waals surface area contributed by atoms with Gasteiger partial charge >= 0.3 is 0 Å². The Morgan fingerprint density at radius 2 is 1.84 bits per heavy atom. The van der Waals surface area contributed by atoms with E-state index >= 15 is 0 Å². The molecule has 0 amide bonds. The molecule has 1 unspecified atom stereocenters. The van der Waals surface area contributed by atoms with E-state index < -0.39 is 5.60 Å². The first-order valence-electron chi connectivity index (χ1n) is 10.5. The lowest BCUT2D eigenvalue weighted by Gasteiger charge is -2.31. The molecular weight excluding hydrogens is 428 g/mol. The van der Waals surface area contributed by atoms with Gasteiger partial charge in [0.25, 0.3) is 0 Å². The van der Waals surface area contributed by atoms with Crippen LogP contribution in [0, 0.1) is 19.8 Å². The molecule has 1 fully saturated rings. The fraction of sp³-hybridized carbons (Fsp3) is 0.545. The summed E-state index contributed by atoms with van der Waals surface area (Å²) in [4.78, 5) is 18.1. The number of aliphatic hydroxyl groups is 1. The average Bonchev–Trinajstić information content (AvgIpc) is 3.29. The van der Waals surface area contributed by atoms with Gasteiger partial charge in [0.05, 0.1) is 39.4 Å². The van der Waals surface area contributed by atoms with Gasteiger partial charge in [-0.1, -0.05) is 0 Å². The van der Waals surface area contributed by atoms with Crippen molar-refractivity contribution in [1.82, 2.24) is 19.9 Å². The molecule has 3 heterocycles. The van der Waals surface area contributed by atoms with Gasteiger partial charge in [-0.2, -0.15) is 4.98 Å². The molecule has 9 nitrogen and oxygen atoms in total. The van der Waals surface area contributed by atoms with Crippen LogP contribution in [0.15, 0.2) is 12.3 Å². The van der Waals surface area contributed by atoms with Crippen LogP contribution in [0.2, 0.25) is 0 Å². The molecule has 3 aromatic rings. The first kappa shape index (κ1) is 22.8. The van der Waals surface area contributed by atoms with E-state index in [1.54, 1.807) is 45.6 Å². The number of fused-ring (bicyclic) bond motifs is 1. The number of hydrogen-bond donors (Lipinski definition) is 3. The molecule has 0 aromatic carbocycles. The van der Waals surface area contributed by atoms with E-state index in [1.165, 1.54) is 0 Å². The van der Waals surface area contributed by atoms with Crippen molar-refractivity contribution in [1.29, 1.82) is 0 Å². The number of anilines is 2. The fourth-order valence-electron chi connectivity index (χ4n) is 4.65. The second-order valence-electron chi connectivity index (χ2n) is 8.80. The zero-order chi connectivity index (χ0) is 23.2. The predicted octanol–water partition coefficient (Wildman–Crippen LogP) is 2.95. The standard InChI is InChI=1S/C22H30N6O3S/c1-10-15(20-27-16-11(2)24-8-7-14(16)32-20)19(28-21(23)25-10)26-13-9-12(22(3,4)29)17(30-5)18(13)31-6/h7-8,12-13,17-18,29H,9H2,1-6H3,(H3,23,25,26,28)/t12-,13?,17+,18-/m0/s1. The summed E-state index contributed by atoms with van der Waals surface area (Å²) in [5, 5.41) is 15.0. The molecule has 172 valence electrons. The van der Waals surface area contributed by atoms with Crippen LogP contribution in [0.1, 0.15) is 31.7 Å². The van der Waals surface area contributed by atoms with E-state index in [0.29, 0.717) is 12.2 Å². The number of ether oxygens (including phenoxy) is 2. The average molecular weight is 459 g/mol. The molecule has 0 aliphatic heterocycles. The van der Waals surface area contributed by atoms with E-state index in [2.05, 4.69) is 20.3 Å². The summed E-state index contributed by atoms with van der Waals surface area (Å²) in [7, 11) is 3.30. The summed E-state index contributed by atoms with van der Waals surface area (Å²) in [6.07, 6.45) is 1.89. The van der Waals surface area contributed by atoms with Gasteiger partial charge in [0.15, 0.2) is 0 Å². The highest BCUT2D eigenvalue weighted by Gasteiger charge is 2.50. The maximum Gasteiger partial charge on any atom is 0.222 e. The Kier molecular flexibility index (Phi) is 6.06. The second-order valence-corrected chi connectivity index (χ2v) is 9.83. The lowest BCUT2D eigenvalue weighted by molar-refractivity contribution is -0.0871. The zero-order valence-corrected chi connectivity index (χ0v) is 20.0. The largest absolute Gasteiger partial charge is 0.390 e. The van der Waals surface area contributed by atoms with Gasteiger partial charge in [-0.25, -0.2) is 9.97 Å². The minimum absolute atomic E-state index is 0.116. The van der Waals surface area contributed by atoms with Crippen LogP contribution < -0.4 is 11.1 Å². The summed E-state index contributed by atoms with van der Waals surface area (Å²) >= 11 is 1.57. The zero-order valence-electron chi connectivity index (χ0n) is 19.2. The highest BCUT2D eigenvalue weighted by atomic mass is 32.1. The van der Waals surface area contributed by atoms with Crippen LogP contribution in [-0.2, 0) is 9.47 Å². The molecule has 0 saturated heterocycles. The summed E-state index contributed by atoms with van der Waals surface area (Å²) in [6, 6.07) is 1.81. The maximum atomic E-state index is 10.7. The van der Waals surface area contributed by atoms with Gasteiger partial charge in [-0.3, -0.25) is 4.98 Å². The number of rotatable bonds is 6. The molecule has 0 radical (unpaired) electrons. The van der Waals surface area contributed by atoms with Crippen molar-refractivity contribution in [3.63, 3.8) is 0 Å². The van der Waals surface area contributed by atoms with Gasteiger partial charge in [-0.05, 0) is 40.2 Å². The Balaban J connectivity index is 1.76. The topological polar surface area (TPSA) is 128 Å². The van der Waals surface area contributed by atoms with E-state index in [4.69, 9.17) is 20.2 Å². The SMILES string of the molecule is CO[C@H]1[C@@H](OC)C(Nc2nc(N)nc(C)c2-c2nc3c(C)nccc3s2)C[C@@H]1C(C)(C)O. The monoisotopic (exact) mass is 458 g/mol. The third-order valence-corrected chi connectivity index (χ3v) is 7.25.